The van der Waals surface area contributed by atoms with E-state index in [1.54, 1.807) is 36.4 Å². The maximum absolute atomic E-state index is 13.3. The first kappa shape index (κ1) is 27.8. The van der Waals surface area contributed by atoms with E-state index >= 15 is 0 Å². The van der Waals surface area contributed by atoms with Crippen LogP contribution in [0.1, 0.15) is 16.7 Å². The van der Waals surface area contributed by atoms with E-state index in [1.807, 2.05) is 0 Å². The minimum absolute atomic E-state index is 0.0231. The molecule has 0 aromatic heterocycles. The quantitative estimate of drug-likeness (QED) is 0.400. The molecular weight excluding hydrogens is 536 g/mol. The number of halogens is 6. The molecule has 0 radical (unpaired) electrons. The number of β-amino-alcohol motifs (C(OH)–C–C–N with tert-alkyl or cyclic N) is 1. The maximum atomic E-state index is 13.3. The van der Waals surface area contributed by atoms with Crippen LogP contribution < -0.4 is 9.64 Å². The van der Waals surface area contributed by atoms with Crippen LogP contribution in [-0.4, -0.2) is 51.5 Å². The Labute approximate surface area is 215 Å². The number of rotatable bonds is 7. The van der Waals surface area contributed by atoms with Gasteiger partial charge in [0.2, 0.25) is 0 Å². The average Bonchev–Trinajstić information content (AvgIpc) is 3.11. The van der Waals surface area contributed by atoms with Crippen molar-refractivity contribution in [3.63, 3.8) is 0 Å². The summed E-state index contributed by atoms with van der Waals surface area (Å²) in [6.07, 6.45) is -11.4. The molecule has 3 aromatic carbocycles. The molecule has 1 aliphatic rings. The lowest BCUT2D eigenvalue weighted by Gasteiger charge is -2.33. The van der Waals surface area contributed by atoms with Gasteiger partial charge in [0.05, 0.1) is 11.4 Å². The summed E-state index contributed by atoms with van der Waals surface area (Å²) in [6.45, 7) is -0.928. The molecule has 1 heterocycles. The molecule has 2 unspecified atom stereocenters. The molecule has 1 N–H and O–H groups in total. The molecule has 204 valence electrons. The van der Waals surface area contributed by atoms with Crippen molar-refractivity contribution in [1.82, 2.24) is 0 Å². The molecule has 0 aliphatic carbocycles. The molecule has 0 amide bonds. The van der Waals surface area contributed by atoms with Gasteiger partial charge in [0.15, 0.2) is 15.9 Å². The number of anilines is 1. The van der Waals surface area contributed by atoms with E-state index in [9.17, 15) is 39.9 Å². The topological polar surface area (TPSA) is 66.8 Å². The fraction of sp³-hybridized carbons (Fsp3) is 0.308. The van der Waals surface area contributed by atoms with Crippen LogP contribution in [0.15, 0.2) is 77.7 Å². The van der Waals surface area contributed by atoms with E-state index in [2.05, 4.69) is 4.74 Å². The van der Waals surface area contributed by atoms with Gasteiger partial charge in [-0.1, -0.05) is 42.5 Å². The van der Waals surface area contributed by atoms with Crippen molar-refractivity contribution in [3.05, 3.63) is 89.5 Å². The Bertz CT molecular complexity index is 1420. The van der Waals surface area contributed by atoms with Crippen molar-refractivity contribution in [2.45, 2.75) is 35.4 Å². The Kier molecular flexibility index (Phi) is 7.17. The predicted octanol–water partition coefficient (Wildman–Crippen LogP) is 5.26. The second-order valence-electron chi connectivity index (χ2n) is 9.21. The number of para-hydroxylation sites is 1. The van der Waals surface area contributed by atoms with Gasteiger partial charge in [-0.05, 0) is 53.4 Å². The molecule has 3 aromatic rings. The molecule has 4 rings (SSSR count). The number of ether oxygens (including phenoxy) is 1. The Morgan fingerprint density at radius 2 is 1.66 bits per heavy atom. The number of aliphatic hydroxyl groups is 1. The minimum atomic E-state index is -4.97. The first-order valence-corrected chi connectivity index (χ1v) is 13.2. The zero-order valence-corrected chi connectivity index (χ0v) is 20.7. The Hall–Kier alpha value is -3.25. The maximum Gasteiger partial charge on any atom is 0.573 e. The van der Waals surface area contributed by atoms with Gasteiger partial charge < -0.3 is 14.7 Å². The lowest BCUT2D eigenvalue weighted by atomic mass is 9.71. The third-order valence-electron chi connectivity index (χ3n) is 6.44. The van der Waals surface area contributed by atoms with Gasteiger partial charge in [0.25, 0.3) is 0 Å². The molecule has 38 heavy (non-hydrogen) atoms. The van der Waals surface area contributed by atoms with E-state index in [0.29, 0.717) is 22.4 Å². The Balaban J connectivity index is 1.88. The van der Waals surface area contributed by atoms with Crippen molar-refractivity contribution in [2.75, 3.05) is 24.2 Å². The average molecular weight is 560 g/mol. The fourth-order valence-electron chi connectivity index (χ4n) is 4.85. The molecule has 0 bridgehead atoms. The van der Waals surface area contributed by atoms with Gasteiger partial charge >= 0.3 is 12.5 Å². The molecule has 0 spiro atoms. The minimum Gasteiger partial charge on any atom is -0.406 e. The van der Waals surface area contributed by atoms with E-state index in [-0.39, 0.29) is 17.9 Å². The molecule has 0 saturated heterocycles. The summed E-state index contributed by atoms with van der Waals surface area (Å²) in [5.74, 6) is -0.509. The van der Waals surface area contributed by atoms with Crippen molar-refractivity contribution in [2.24, 2.45) is 0 Å². The summed E-state index contributed by atoms with van der Waals surface area (Å²) < 4.78 is 107. The van der Waals surface area contributed by atoms with E-state index in [0.717, 1.165) is 12.3 Å². The number of aliphatic hydroxyl groups excluding tert-OH is 1. The third kappa shape index (κ3) is 5.91. The lowest BCUT2D eigenvalue weighted by molar-refractivity contribution is -0.274. The summed E-state index contributed by atoms with van der Waals surface area (Å²) >= 11 is 0. The highest BCUT2D eigenvalue weighted by atomic mass is 32.2. The van der Waals surface area contributed by atoms with Gasteiger partial charge in [0, 0.05) is 23.9 Å². The molecule has 0 saturated carbocycles. The van der Waals surface area contributed by atoms with Gasteiger partial charge in [-0.15, -0.1) is 13.2 Å². The smallest absolute Gasteiger partial charge is 0.406 e. The van der Waals surface area contributed by atoms with E-state index < -0.39 is 46.2 Å². The van der Waals surface area contributed by atoms with Gasteiger partial charge in [-0.2, -0.15) is 13.2 Å². The summed E-state index contributed by atoms with van der Waals surface area (Å²) in [6, 6.07) is 17.7. The van der Waals surface area contributed by atoms with Gasteiger partial charge in [0.1, 0.15) is 5.75 Å². The molecular formula is C26H23F6NO4S. The SMILES string of the molecule is CS(=O)(=O)c1cccc(CC2(c3cccc(OC(F)(F)F)c3)CN(CC(O)C(F)(F)F)c3ccccc32)c1. The molecule has 12 heteroatoms. The number of alkyl halides is 6. The lowest BCUT2D eigenvalue weighted by Crippen LogP contribution is -2.44. The first-order valence-electron chi connectivity index (χ1n) is 11.3. The Morgan fingerprint density at radius 1 is 0.974 bits per heavy atom. The number of fused-ring (bicyclic) bond motifs is 1. The number of nitrogens with zero attached hydrogens (tertiary/aromatic N) is 1. The summed E-state index contributed by atoms with van der Waals surface area (Å²) in [5.41, 5.74) is 0.507. The van der Waals surface area contributed by atoms with Crippen molar-refractivity contribution >= 4 is 15.5 Å². The first-order chi connectivity index (χ1) is 17.6. The third-order valence-corrected chi connectivity index (χ3v) is 7.56. The van der Waals surface area contributed by atoms with Crippen LogP contribution in [0.2, 0.25) is 0 Å². The predicted molar refractivity (Wildman–Crippen MR) is 128 cm³/mol. The molecule has 2 atom stereocenters. The second-order valence-corrected chi connectivity index (χ2v) is 11.2. The molecule has 5 nitrogen and oxygen atoms in total. The van der Waals surface area contributed by atoms with Crippen molar-refractivity contribution in [3.8, 4) is 5.75 Å². The van der Waals surface area contributed by atoms with Crippen LogP contribution in [0.25, 0.3) is 0 Å². The van der Waals surface area contributed by atoms with Crippen LogP contribution in [-0.2, 0) is 21.7 Å². The van der Waals surface area contributed by atoms with Gasteiger partial charge in [-0.3, -0.25) is 0 Å². The highest BCUT2D eigenvalue weighted by Crippen LogP contribution is 2.48. The second kappa shape index (κ2) is 9.81. The van der Waals surface area contributed by atoms with Crippen molar-refractivity contribution in [1.29, 1.82) is 0 Å². The number of hydrogen-bond donors (Lipinski definition) is 1. The normalized spacial score (nSPS) is 18.8. The van der Waals surface area contributed by atoms with Crippen LogP contribution in [0.4, 0.5) is 32.0 Å². The van der Waals surface area contributed by atoms with Crippen LogP contribution in [0.5, 0.6) is 5.75 Å². The van der Waals surface area contributed by atoms with E-state index in [1.165, 1.54) is 35.2 Å². The zero-order chi connectivity index (χ0) is 27.9. The van der Waals surface area contributed by atoms with Crippen LogP contribution >= 0.6 is 0 Å². The highest BCUT2D eigenvalue weighted by Gasteiger charge is 2.47. The number of benzene rings is 3. The number of hydrogen-bond acceptors (Lipinski definition) is 5. The Morgan fingerprint density at radius 3 is 2.32 bits per heavy atom. The van der Waals surface area contributed by atoms with Crippen molar-refractivity contribution < 1.29 is 44.6 Å². The standard InChI is InChI=1S/C26H23F6NO4S/c1-38(35,36)20-9-4-6-17(12-20)14-24(18-7-5-8-19(13-18)37-26(30,31)32)16-33(15-23(34)25(27,28)29)22-11-3-2-10-21(22)24/h2-13,23,34H,14-16H2,1H3. The summed E-state index contributed by atoms with van der Waals surface area (Å²) in [7, 11) is -3.59. The zero-order valence-electron chi connectivity index (χ0n) is 19.9. The fourth-order valence-corrected chi connectivity index (χ4v) is 5.54. The molecule has 1 aliphatic heterocycles. The monoisotopic (exact) mass is 559 g/mol. The van der Waals surface area contributed by atoms with Crippen LogP contribution in [0, 0.1) is 0 Å². The van der Waals surface area contributed by atoms with Gasteiger partial charge in [-0.25, -0.2) is 8.42 Å². The molecule has 0 fully saturated rings. The summed E-state index contributed by atoms with van der Waals surface area (Å²) in [5, 5.41) is 9.82. The largest absolute Gasteiger partial charge is 0.573 e. The van der Waals surface area contributed by atoms with Crippen LogP contribution in [0.3, 0.4) is 0 Å². The number of sulfone groups is 1. The highest BCUT2D eigenvalue weighted by molar-refractivity contribution is 7.90. The van der Waals surface area contributed by atoms with E-state index in [4.69, 9.17) is 0 Å². The summed E-state index contributed by atoms with van der Waals surface area (Å²) in [4.78, 5) is 1.36.